The molecule has 0 aliphatic rings. The summed E-state index contributed by atoms with van der Waals surface area (Å²) in [7, 11) is -4.08. The van der Waals surface area contributed by atoms with Gasteiger partial charge in [0.05, 0.1) is 6.48 Å². The van der Waals surface area contributed by atoms with Crippen LogP contribution in [0.25, 0.3) is 0 Å². The van der Waals surface area contributed by atoms with E-state index in [2.05, 4.69) is 67.8 Å². The molecule has 3 nitrogen and oxygen atoms in total. The highest BCUT2D eigenvalue weighted by atomic mass is 127. The molecule has 1 aromatic carbocycles. The van der Waals surface area contributed by atoms with Crippen LogP contribution in [0.2, 0.25) is 0 Å². The van der Waals surface area contributed by atoms with E-state index in [1.54, 1.807) is 12.1 Å². The molecule has 0 unspecified atom stereocenters. The van der Waals surface area contributed by atoms with Crippen LogP contribution >= 0.6 is 67.8 Å². The molecule has 0 saturated heterocycles. The van der Waals surface area contributed by atoms with Crippen LogP contribution in [0.15, 0.2) is 34.3 Å². The second-order valence-corrected chi connectivity index (χ2v) is 10.2. The van der Waals surface area contributed by atoms with Crippen molar-refractivity contribution in [3.63, 3.8) is 0 Å². The molecular weight excluding hydrogens is 581 g/mol. The quantitative estimate of drug-likeness (QED) is 0.420. The fourth-order valence-electron chi connectivity index (χ4n) is 1.18. The Morgan fingerprint density at radius 1 is 1.12 bits per heavy atom. The first-order valence-electron chi connectivity index (χ1n) is 4.57. The molecule has 0 aliphatic carbocycles. The van der Waals surface area contributed by atoms with Crippen LogP contribution in [0, 0.1) is 0 Å². The van der Waals surface area contributed by atoms with Gasteiger partial charge in [-0.3, -0.25) is 4.55 Å². The molecule has 0 amide bonds. The molecular formula is C10H9I3O3S. The molecule has 7 heteroatoms. The van der Waals surface area contributed by atoms with Crippen LogP contribution < -0.4 is 0 Å². The maximum atomic E-state index is 10.8. The lowest BCUT2D eigenvalue weighted by Crippen LogP contribution is -1.97. The van der Waals surface area contributed by atoms with Gasteiger partial charge in [-0.2, -0.15) is 8.42 Å². The zero-order chi connectivity index (χ0) is 13.1. The topological polar surface area (TPSA) is 54.4 Å². The van der Waals surface area contributed by atoms with E-state index in [1.807, 2.05) is 0 Å². The molecule has 1 N–H and O–H groups in total. The zero-order valence-corrected chi connectivity index (χ0v) is 15.8. The second-order valence-electron chi connectivity index (χ2n) is 3.28. The molecule has 0 spiro atoms. The van der Waals surface area contributed by atoms with Gasteiger partial charge >= 0.3 is 0 Å². The highest BCUT2D eigenvalue weighted by Gasteiger charge is 2.08. The lowest BCUT2D eigenvalue weighted by molar-refractivity contribution is 0.483. The van der Waals surface area contributed by atoms with Crippen LogP contribution in [0.4, 0.5) is 0 Å². The summed E-state index contributed by atoms with van der Waals surface area (Å²) in [6.45, 7) is 0. The fraction of sp³-hybridized carbons (Fsp3) is 0.200. The van der Waals surface area contributed by atoms with E-state index in [0.29, 0.717) is 0 Å². The molecule has 0 saturated carbocycles. The van der Waals surface area contributed by atoms with Gasteiger partial charge in [0.15, 0.2) is 0 Å². The number of hydrogen-bond acceptors (Lipinski definition) is 2. The predicted octanol–water partition coefficient (Wildman–Crippen LogP) is 4.34. The van der Waals surface area contributed by atoms with Crippen LogP contribution in [0.3, 0.4) is 0 Å². The van der Waals surface area contributed by atoms with E-state index in [9.17, 15) is 8.42 Å². The summed E-state index contributed by atoms with van der Waals surface area (Å²) in [4.78, 5) is -0.0602. The molecule has 0 fully saturated rings. The van der Waals surface area contributed by atoms with E-state index < -0.39 is 10.1 Å². The van der Waals surface area contributed by atoms with E-state index >= 15 is 0 Å². The van der Waals surface area contributed by atoms with Crippen molar-refractivity contribution in [3.05, 3.63) is 35.0 Å². The Kier molecular flexibility index (Phi) is 6.64. The van der Waals surface area contributed by atoms with Crippen molar-refractivity contribution in [3.8, 4) is 0 Å². The molecule has 1 rings (SSSR count). The number of halogens is 3. The minimum Gasteiger partial charge on any atom is -0.282 e. The van der Waals surface area contributed by atoms with Crippen molar-refractivity contribution in [2.45, 2.75) is 17.7 Å². The monoisotopic (exact) mass is 590 g/mol. The van der Waals surface area contributed by atoms with Gasteiger partial charge in [0.2, 0.25) is 0 Å². The first kappa shape index (κ1) is 16.1. The van der Waals surface area contributed by atoms with Crippen molar-refractivity contribution < 1.29 is 13.0 Å². The normalized spacial score (nSPS) is 11.3. The smallest absolute Gasteiger partial charge is 0.282 e. The summed E-state index contributed by atoms with van der Waals surface area (Å²) in [5.74, 6) is 0. The average molecular weight is 590 g/mol. The Bertz CT molecular complexity index is 516. The van der Waals surface area contributed by atoms with Gasteiger partial charge < -0.3 is 0 Å². The third kappa shape index (κ3) is 5.70. The maximum Gasteiger partial charge on any atom is 0.294 e. The molecule has 94 valence electrons. The number of allylic oxidation sites excluding steroid dienone is 1. The standard InChI is InChI=1S/C10H9I3O3S/c11-9(10(12)13)6-3-7-1-4-8(5-2-7)17(14,15)16/h1-2,4-5H,3,6H2,(H,14,15,16). The second kappa shape index (κ2) is 7.01. The number of hydrogen-bond donors (Lipinski definition) is 1. The maximum absolute atomic E-state index is 10.8. The van der Waals surface area contributed by atoms with Crippen LogP contribution in [0.1, 0.15) is 12.0 Å². The summed E-state index contributed by atoms with van der Waals surface area (Å²) < 4.78 is 33.1. The molecule has 1 aromatic rings. The Morgan fingerprint density at radius 3 is 2.06 bits per heavy atom. The number of benzene rings is 1. The molecule has 0 atom stereocenters. The Morgan fingerprint density at radius 2 is 1.65 bits per heavy atom. The van der Waals surface area contributed by atoms with Crippen molar-refractivity contribution in [2.75, 3.05) is 0 Å². The summed E-state index contributed by atoms with van der Waals surface area (Å²) in [5, 5.41) is 0. The van der Waals surface area contributed by atoms with Crippen molar-refractivity contribution in [2.24, 2.45) is 0 Å². The lowest BCUT2D eigenvalue weighted by Gasteiger charge is -2.03. The molecule has 0 bridgehead atoms. The van der Waals surface area contributed by atoms with Gasteiger partial charge in [0.1, 0.15) is 0 Å². The van der Waals surface area contributed by atoms with Gasteiger partial charge in [0.25, 0.3) is 10.1 Å². The number of aryl methyl sites for hydroxylation is 1. The minimum atomic E-state index is -4.08. The molecule has 0 aliphatic heterocycles. The van der Waals surface area contributed by atoms with Gasteiger partial charge in [-0.15, -0.1) is 0 Å². The van der Waals surface area contributed by atoms with E-state index in [0.717, 1.165) is 18.4 Å². The van der Waals surface area contributed by atoms with Gasteiger partial charge in [-0.1, -0.05) is 12.1 Å². The predicted molar refractivity (Wildman–Crippen MR) is 93.7 cm³/mol. The van der Waals surface area contributed by atoms with Crippen molar-refractivity contribution >= 4 is 77.9 Å². The largest absolute Gasteiger partial charge is 0.294 e. The van der Waals surface area contributed by atoms with Crippen LogP contribution in [-0.4, -0.2) is 13.0 Å². The molecule has 0 radical (unpaired) electrons. The van der Waals surface area contributed by atoms with Crippen LogP contribution in [-0.2, 0) is 16.5 Å². The molecule has 0 aromatic heterocycles. The lowest BCUT2D eigenvalue weighted by atomic mass is 10.1. The molecule has 0 heterocycles. The molecule has 17 heavy (non-hydrogen) atoms. The van der Waals surface area contributed by atoms with E-state index in [-0.39, 0.29) is 4.90 Å². The fourth-order valence-corrected chi connectivity index (χ4v) is 2.47. The van der Waals surface area contributed by atoms with Gasteiger partial charge in [-0.05, 0) is 98.3 Å². The Balaban J connectivity index is 2.74. The Hall–Kier alpha value is 1.06. The van der Waals surface area contributed by atoms with Gasteiger partial charge in [0, 0.05) is 3.58 Å². The highest BCUT2D eigenvalue weighted by Crippen LogP contribution is 2.28. The average Bonchev–Trinajstić information content (AvgIpc) is 2.25. The Labute approximate surface area is 142 Å². The SMILES string of the molecule is O=S(=O)(O)c1ccc(CCC(I)=C(I)I)cc1. The minimum absolute atomic E-state index is 0.0602. The van der Waals surface area contributed by atoms with E-state index in [1.165, 1.54) is 17.3 Å². The first-order chi connectivity index (χ1) is 7.80. The first-order valence-corrected chi connectivity index (χ1v) is 9.24. The van der Waals surface area contributed by atoms with Crippen molar-refractivity contribution in [1.82, 2.24) is 0 Å². The zero-order valence-electron chi connectivity index (χ0n) is 8.53. The third-order valence-corrected chi connectivity index (χ3v) is 7.37. The van der Waals surface area contributed by atoms with Crippen LogP contribution in [0.5, 0.6) is 0 Å². The third-order valence-electron chi connectivity index (χ3n) is 2.06. The van der Waals surface area contributed by atoms with Crippen molar-refractivity contribution in [1.29, 1.82) is 0 Å². The van der Waals surface area contributed by atoms with Gasteiger partial charge in [-0.25, -0.2) is 0 Å². The summed E-state index contributed by atoms with van der Waals surface area (Å²) in [6.07, 6.45) is 1.80. The number of rotatable bonds is 4. The highest BCUT2D eigenvalue weighted by molar-refractivity contribution is 14.2. The summed E-state index contributed by atoms with van der Waals surface area (Å²) in [6, 6.07) is 6.31. The van der Waals surface area contributed by atoms with E-state index in [4.69, 9.17) is 4.55 Å². The summed E-state index contributed by atoms with van der Waals surface area (Å²) >= 11 is 6.85. The summed E-state index contributed by atoms with van der Waals surface area (Å²) in [5.41, 5.74) is 1.06.